The van der Waals surface area contributed by atoms with Crippen LogP contribution in [0.4, 0.5) is 18.9 Å². The first-order chi connectivity index (χ1) is 8.91. The first-order valence-electron chi connectivity index (χ1n) is 5.99. The molecule has 19 heavy (non-hydrogen) atoms. The van der Waals surface area contributed by atoms with E-state index in [9.17, 15) is 13.2 Å². The monoisotopic (exact) mass is 269 g/mol. The Hall–Kier alpha value is -1.90. The fourth-order valence-corrected chi connectivity index (χ4v) is 2.18. The van der Waals surface area contributed by atoms with E-state index < -0.39 is 11.7 Å². The molecule has 0 unspecified atom stereocenters. The summed E-state index contributed by atoms with van der Waals surface area (Å²) < 4.78 is 38.5. The van der Waals surface area contributed by atoms with E-state index in [1.807, 2.05) is 11.1 Å². The summed E-state index contributed by atoms with van der Waals surface area (Å²) in [5, 5.41) is 8.74. The van der Waals surface area contributed by atoms with Crippen molar-refractivity contribution in [2.45, 2.75) is 13.1 Å². The lowest BCUT2D eigenvalue weighted by Crippen LogP contribution is -2.44. The van der Waals surface area contributed by atoms with Crippen molar-refractivity contribution in [3.05, 3.63) is 29.3 Å². The largest absolute Gasteiger partial charge is 0.416 e. The van der Waals surface area contributed by atoms with Gasteiger partial charge in [-0.25, -0.2) is 0 Å². The van der Waals surface area contributed by atoms with E-state index >= 15 is 0 Å². The van der Waals surface area contributed by atoms with Gasteiger partial charge in [-0.05, 0) is 24.6 Å². The van der Waals surface area contributed by atoms with Crippen LogP contribution in [0.5, 0.6) is 0 Å². The minimum atomic E-state index is -4.32. The average Bonchev–Trinajstić information content (AvgIpc) is 2.38. The number of halogens is 3. The van der Waals surface area contributed by atoms with E-state index in [4.69, 9.17) is 5.26 Å². The number of nitrogens with zero attached hydrogens (tertiary/aromatic N) is 3. The van der Waals surface area contributed by atoms with E-state index in [0.29, 0.717) is 31.9 Å². The van der Waals surface area contributed by atoms with Crippen molar-refractivity contribution in [3.63, 3.8) is 0 Å². The molecule has 1 aromatic rings. The molecule has 1 fully saturated rings. The smallest absolute Gasteiger partial charge is 0.368 e. The Bertz CT molecular complexity index is 497. The summed E-state index contributed by atoms with van der Waals surface area (Å²) in [5.41, 5.74) is 0.204. The van der Waals surface area contributed by atoms with Crippen molar-refractivity contribution >= 4 is 5.69 Å². The summed E-state index contributed by atoms with van der Waals surface area (Å²) in [7, 11) is 0. The van der Waals surface area contributed by atoms with Gasteiger partial charge in [-0.15, -0.1) is 0 Å². The zero-order valence-electron chi connectivity index (χ0n) is 10.5. The summed E-state index contributed by atoms with van der Waals surface area (Å²) in [4.78, 5) is 3.48. The molecule has 1 aliphatic rings. The van der Waals surface area contributed by atoms with Gasteiger partial charge in [0, 0.05) is 31.9 Å². The third-order valence-corrected chi connectivity index (χ3v) is 3.31. The minimum Gasteiger partial charge on any atom is -0.368 e. The van der Waals surface area contributed by atoms with Gasteiger partial charge in [0.15, 0.2) is 6.19 Å². The Morgan fingerprint density at radius 2 is 1.79 bits per heavy atom. The van der Waals surface area contributed by atoms with E-state index in [0.717, 1.165) is 0 Å². The van der Waals surface area contributed by atoms with Gasteiger partial charge in [-0.2, -0.15) is 18.4 Å². The highest BCUT2D eigenvalue weighted by Crippen LogP contribution is 2.34. The van der Waals surface area contributed by atoms with Crippen molar-refractivity contribution in [3.8, 4) is 6.19 Å². The quantitative estimate of drug-likeness (QED) is 0.734. The zero-order chi connectivity index (χ0) is 14.0. The number of rotatable bonds is 1. The van der Waals surface area contributed by atoms with Crippen LogP contribution in [0.1, 0.15) is 11.1 Å². The van der Waals surface area contributed by atoms with Gasteiger partial charge in [-0.3, -0.25) is 0 Å². The Kier molecular flexibility index (Phi) is 3.56. The van der Waals surface area contributed by atoms with Crippen LogP contribution >= 0.6 is 0 Å². The predicted molar refractivity (Wildman–Crippen MR) is 65.6 cm³/mol. The van der Waals surface area contributed by atoms with Crippen LogP contribution in [0, 0.1) is 18.4 Å². The zero-order valence-corrected chi connectivity index (χ0v) is 10.5. The number of hydrogen-bond acceptors (Lipinski definition) is 3. The molecule has 1 aliphatic heterocycles. The average molecular weight is 269 g/mol. The van der Waals surface area contributed by atoms with Crippen LogP contribution in [0.3, 0.4) is 0 Å². The maximum Gasteiger partial charge on any atom is 0.416 e. The maximum absolute atomic E-state index is 12.8. The highest BCUT2D eigenvalue weighted by Gasteiger charge is 2.33. The van der Waals surface area contributed by atoms with Crippen molar-refractivity contribution in [1.82, 2.24) is 4.90 Å². The number of piperazine rings is 1. The molecule has 0 atom stereocenters. The van der Waals surface area contributed by atoms with Gasteiger partial charge in [0.25, 0.3) is 0 Å². The highest BCUT2D eigenvalue weighted by atomic mass is 19.4. The van der Waals surface area contributed by atoms with Crippen LogP contribution < -0.4 is 4.90 Å². The van der Waals surface area contributed by atoms with E-state index in [1.165, 1.54) is 19.1 Å². The predicted octanol–water partition coefficient (Wildman–Crippen LogP) is 2.62. The van der Waals surface area contributed by atoms with E-state index in [1.54, 1.807) is 11.0 Å². The third kappa shape index (κ3) is 2.92. The number of nitriles is 1. The Morgan fingerprint density at radius 1 is 1.16 bits per heavy atom. The van der Waals surface area contributed by atoms with Gasteiger partial charge >= 0.3 is 6.18 Å². The molecule has 0 saturated carbocycles. The lowest BCUT2D eigenvalue weighted by Gasteiger charge is -2.33. The summed E-state index contributed by atoms with van der Waals surface area (Å²) in [6.45, 7) is 3.68. The SMILES string of the molecule is Cc1ccc(N2CCN(C#N)CC2)cc1C(F)(F)F. The van der Waals surface area contributed by atoms with Gasteiger partial charge in [0.1, 0.15) is 0 Å². The molecular formula is C13H14F3N3. The molecule has 0 radical (unpaired) electrons. The molecule has 0 amide bonds. The molecule has 0 bridgehead atoms. The standard InChI is InChI=1S/C13H14F3N3/c1-10-2-3-11(8-12(10)13(14,15)16)19-6-4-18(9-17)5-7-19/h2-3,8H,4-7H2,1H3. The summed E-state index contributed by atoms with van der Waals surface area (Å²) in [6, 6.07) is 4.39. The fraction of sp³-hybridized carbons (Fsp3) is 0.462. The van der Waals surface area contributed by atoms with Crippen LogP contribution in [0.2, 0.25) is 0 Å². The molecule has 0 N–H and O–H groups in total. The molecule has 2 rings (SSSR count). The van der Waals surface area contributed by atoms with Gasteiger partial charge in [-0.1, -0.05) is 6.07 Å². The normalized spacial score (nSPS) is 16.4. The fourth-order valence-electron chi connectivity index (χ4n) is 2.18. The van der Waals surface area contributed by atoms with Crippen LogP contribution in [-0.4, -0.2) is 31.1 Å². The van der Waals surface area contributed by atoms with Gasteiger partial charge in [0.05, 0.1) is 5.56 Å². The summed E-state index contributed by atoms with van der Waals surface area (Å²) >= 11 is 0. The Balaban J connectivity index is 2.21. The Morgan fingerprint density at radius 3 is 2.32 bits per heavy atom. The number of benzene rings is 1. The van der Waals surface area contributed by atoms with Crippen molar-refractivity contribution in [1.29, 1.82) is 5.26 Å². The van der Waals surface area contributed by atoms with Crippen LogP contribution in [-0.2, 0) is 6.18 Å². The molecule has 3 nitrogen and oxygen atoms in total. The topological polar surface area (TPSA) is 30.3 Å². The molecule has 102 valence electrons. The van der Waals surface area contributed by atoms with Gasteiger partial charge in [0.2, 0.25) is 0 Å². The summed E-state index contributed by atoms with van der Waals surface area (Å²) in [6.07, 6.45) is -2.28. The lowest BCUT2D eigenvalue weighted by atomic mass is 10.1. The van der Waals surface area contributed by atoms with E-state index in [-0.39, 0.29) is 5.56 Å². The molecule has 6 heteroatoms. The highest BCUT2D eigenvalue weighted by molar-refractivity contribution is 5.52. The molecule has 1 saturated heterocycles. The second-order valence-electron chi connectivity index (χ2n) is 4.57. The van der Waals surface area contributed by atoms with Crippen molar-refractivity contribution < 1.29 is 13.2 Å². The first-order valence-corrected chi connectivity index (χ1v) is 5.99. The molecule has 1 heterocycles. The molecule has 0 aromatic heterocycles. The van der Waals surface area contributed by atoms with Crippen LogP contribution in [0.25, 0.3) is 0 Å². The first kappa shape index (κ1) is 13.5. The Labute approximate surface area is 109 Å². The second kappa shape index (κ2) is 5.00. The molecule has 0 aliphatic carbocycles. The number of anilines is 1. The maximum atomic E-state index is 12.8. The molecular weight excluding hydrogens is 255 g/mol. The van der Waals surface area contributed by atoms with Crippen molar-refractivity contribution in [2.75, 3.05) is 31.1 Å². The molecule has 0 spiro atoms. The van der Waals surface area contributed by atoms with E-state index in [2.05, 4.69) is 0 Å². The number of alkyl halides is 3. The lowest BCUT2D eigenvalue weighted by molar-refractivity contribution is -0.138. The third-order valence-electron chi connectivity index (χ3n) is 3.31. The summed E-state index contributed by atoms with van der Waals surface area (Å²) in [5.74, 6) is 0. The number of aryl methyl sites for hydroxylation is 1. The van der Waals surface area contributed by atoms with Crippen LogP contribution in [0.15, 0.2) is 18.2 Å². The van der Waals surface area contributed by atoms with Crippen molar-refractivity contribution in [2.24, 2.45) is 0 Å². The second-order valence-corrected chi connectivity index (χ2v) is 4.57. The molecule has 1 aromatic carbocycles. The number of hydrogen-bond donors (Lipinski definition) is 0. The van der Waals surface area contributed by atoms with Gasteiger partial charge < -0.3 is 9.80 Å². The minimum absolute atomic E-state index is 0.229.